The molecule has 4 rings (SSSR count). The van der Waals surface area contributed by atoms with Crippen LogP contribution in [0.2, 0.25) is 0 Å². The minimum absolute atomic E-state index is 0.172. The minimum atomic E-state index is -4.87. The van der Waals surface area contributed by atoms with Crippen molar-refractivity contribution in [1.29, 1.82) is 0 Å². The molecule has 0 saturated heterocycles. The number of benzene rings is 2. The molecule has 0 saturated carbocycles. The Morgan fingerprint density at radius 3 is 2.53 bits per heavy atom. The fourth-order valence-corrected chi connectivity index (χ4v) is 4.47. The molecule has 0 radical (unpaired) electrons. The van der Waals surface area contributed by atoms with Crippen molar-refractivity contribution in [3.05, 3.63) is 71.4 Å². The topological polar surface area (TPSA) is 42.4 Å². The maximum Gasteiger partial charge on any atom is 0.421 e. The number of rotatable bonds is 5. The molecule has 158 valence electrons. The average Bonchev–Trinajstić information content (AvgIpc) is 3.21. The zero-order chi connectivity index (χ0) is 21.6. The van der Waals surface area contributed by atoms with Gasteiger partial charge >= 0.3 is 6.18 Å². The van der Waals surface area contributed by atoms with E-state index in [0.717, 1.165) is 12.0 Å². The number of fused-ring (bicyclic) bond motifs is 2. The summed E-state index contributed by atoms with van der Waals surface area (Å²) < 4.78 is 49.2. The van der Waals surface area contributed by atoms with Gasteiger partial charge in [-0.05, 0) is 36.0 Å². The molecule has 0 amide bonds. The minimum Gasteiger partial charge on any atom is -0.493 e. The number of pyridine rings is 1. The number of alkyl halides is 3. The summed E-state index contributed by atoms with van der Waals surface area (Å²) in [6, 6.07) is 13.5. The molecule has 2 heterocycles. The van der Waals surface area contributed by atoms with E-state index in [1.807, 2.05) is 25.1 Å². The van der Waals surface area contributed by atoms with Gasteiger partial charge in [0, 0.05) is 29.1 Å². The van der Waals surface area contributed by atoms with Gasteiger partial charge in [-0.2, -0.15) is 13.2 Å². The van der Waals surface area contributed by atoms with Crippen LogP contribution in [0, 0.1) is 0 Å². The van der Waals surface area contributed by atoms with Gasteiger partial charge in [0.2, 0.25) is 0 Å². The average molecular weight is 415 g/mol. The second kappa shape index (κ2) is 7.27. The highest BCUT2D eigenvalue weighted by Gasteiger charge is 2.58. The summed E-state index contributed by atoms with van der Waals surface area (Å²) in [4.78, 5) is 4.16. The predicted octanol–water partition coefficient (Wildman–Crippen LogP) is 5.68. The van der Waals surface area contributed by atoms with Crippen LogP contribution in [-0.4, -0.2) is 22.9 Å². The third-order valence-corrected chi connectivity index (χ3v) is 6.35. The van der Waals surface area contributed by atoms with Crippen LogP contribution in [0.1, 0.15) is 43.4 Å². The number of ether oxygens (including phenoxy) is 1. The van der Waals surface area contributed by atoms with Crippen molar-refractivity contribution in [3.63, 3.8) is 0 Å². The van der Waals surface area contributed by atoms with Crippen molar-refractivity contribution in [2.45, 2.75) is 50.3 Å². The van der Waals surface area contributed by atoms with Gasteiger partial charge in [-0.25, -0.2) is 0 Å². The van der Waals surface area contributed by atoms with Gasteiger partial charge in [-0.3, -0.25) is 4.98 Å². The predicted molar refractivity (Wildman–Crippen MR) is 110 cm³/mol. The van der Waals surface area contributed by atoms with Crippen LogP contribution in [0.15, 0.2) is 54.7 Å². The maximum atomic E-state index is 14.5. The molecular formula is C24H24F3NO2. The summed E-state index contributed by atoms with van der Waals surface area (Å²) in [5, 5.41) is 11.6. The number of aromatic nitrogens is 1. The quantitative estimate of drug-likeness (QED) is 0.583. The lowest BCUT2D eigenvalue weighted by Gasteiger charge is -2.40. The second-order valence-corrected chi connectivity index (χ2v) is 8.22. The van der Waals surface area contributed by atoms with Gasteiger partial charge in [0.1, 0.15) is 5.75 Å². The van der Waals surface area contributed by atoms with Gasteiger partial charge in [-0.15, -0.1) is 0 Å². The monoisotopic (exact) mass is 415 g/mol. The number of aliphatic hydroxyl groups is 1. The summed E-state index contributed by atoms with van der Waals surface area (Å²) in [5.41, 5.74) is -2.04. The van der Waals surface area contributed by atoms with Crippen molar-refractivity contribution in [2.24, 2.45) is 0 Å². The summed E-state index contributed by atoms with van der Waals surface area (Å²) >= 11 is 0. The molecule has 0 spiro atoms. The SMILES string of the molecule is CCC(C)(CC(O)(c1ccnc2ccccc12)C(F)(F)F)c1cccc2c1OCC2. The molecule has 0 aliphatic carbocycles. The van der Waals surface area contributed by atoms with Crippen LogP contribution in [0.5, 0.6) is 5.75 Å². The Kier molecular flexibility index (Phi) is 5.01. The van der Waals surface area contributed by atoms with E-state index in [9.17, 15) is 18.3 Å². The molecular weight excluding hydrogens is 391 g/mol. The van der Waals surface area contributed by atoms with Gasteiger partial charge < -0.3 is 9.84 Å². The van der Waals surface area contributed by atoms with E-state index in [4.69, 9.17) is 4.74 Å². The summed E-state index contributed by atoms with van der Waals surface area (Å²) in [6.45, 7) is 4.13. The number of nitrogens with zero attached hydrogens (tertiary/aromatic N) is 1. The molecule has 2 atom stereocenters. The number of hydrogen-bond donors (Lipinski definition) is 1. The lowest BCUT2D eigenvalue weighted by atomic mass is 9.69. The first kappa shape index (κ1) is 20.7. The molecule has 6 heteroatoms. The molecule has 1 aliphatic rings. The highest BCUT2D eigenvalue weighted by atomic mass is 19.4. The van der Waals surface area contributed by atoms with E-state index < -0.39 is 23.6 Å². The van der Waals surface area contributed by atoms with Crippen molar-refractivity contribution < 1.29 is 23.0 Å². The fraction of sp³-hybridized carbons (Fsp3) is 0.375. The van der Waals surface area contributed by atoms with E-state index in [1.165, 1.54) is 12.3 Å². The molecule has 1 aromatic heterocycles. The normalized spacial score (nSPS) is 17.8. The zero-order valence-corrected chi connectivity index (χ0v) is 17.0. The third kappa shape index (κ3) is 3.23. The number of halogens is 3. The van der Waals surface area contributed by atoms with Crippen molar-refractivity contribution in [1.82, 2.24) is 4.98 Å². The van der Waals surface area contributed by atoms with E-state index in [-0.39, 0.29) is 5.56 Å². The molecule has 3 aromatic rings. The van der Waals surface area contributed by atoms with Crippen LogP contribution in [-0.2, 0) is 17.4 Å². The molecule has 1 N–H and O–H groups in total. The first-order chi connectivity index (χ1) is 14.2. The van der Waals surface area contributed by atoms with E-state index in [2.05, 4.69) is 4.98 Å². The van der Waals surface area contributed by atoms with Crippen molar-refractivity contribution in [2.75, 3.05) is 6.61 Å². The number of hydrogen-bond acceptors (Lipinski definition) is 3. The van der Waals surface area contributed by atoms with Crippen LogP contribution >= 0.6 is 0 Å². The van der Waals surface area contributed by atoms with E-state index >= 15 is 0 Å². The fourth-order valence-electron chi connectivity index (χ4n) is 4.47. The van der Waals surface area contributed by atoms with Crippen LogP contribution in [0.3, 0.4) is 0 Å². The molecule has 1 aliphatic heterocycles. The molecule has 2 aromatic carbocycles. The van der Waals surface area contributed by atoms with Crippen molar-refractivity contribution >= 4 is 10.9 Å². The lowest BCUT2D eigenvalue weighted by molar-refractivity contribution is -0.273. The largest absolute Gasteiger partial charge is 0.493 e. The van der Waals surface area contributed by atoms with Crippen LogP contribution in [0.25, 0.3) is 10.9 Å². The lowest BCUT2D eigenvalue weighted by Crippen LogP contribution is -2.47. The Bertz CT molecular complexity index is 1080. The van der Waals surface area contributed by atoms with Gasteiger partial charge in [-0.1, -0.05) is 50.2 Å². The van der Waals surface area contributed by atoms with Gasteiger partial charge in [0.25, 0.3) is 0 Å². The summed E-state index contributed by atoms with van der Waals surface area (Å²) in [6.07, 6.45) is -2.92. The Labute approximate surface area is 173 Å². The molecule has 0 fully saturated rings. The standard InChI is InChI=1S/C24H24F3NO2/c1-3-22(2,19-9-6-7-16-12-14-30-21(16)19)15-23(29,24(25,26)27)18-11-13-28-20-10-5-4-8-17(18)20/h4-11,13,29H,3,12,14-15H2,1-2H3. The highest BCUT2D eigenvalue weighted by Crippen LogP contribution is 2.51. The third-order valence-electron chi connectivity index (χ3n) is 6.35. The van der Waals surface area contributed by atoms with Crippen molar-refractivity contribution in [3.8, 4) is 5.75 Å². The van der Waals surface area contributed by atoms with Gasteiger partial charge in [0.05, 0.1) is 12.1 Å². The van der Waals surface area contributed by atoms with E-state index in [0.29, 0.717) is 35.2 Å². The first-order valence-corrected chi connectivity index (χ1v) is 10.1. The Balaban J connectivity index is 1.89. The molecule has 2 unspecified atom stereocenters. The summed E-state index contributed by atoms with van der Waals surface area (Å²) in [5.74, 6) is 0.658. The Morgan fingerprint density at radius 1 is 1.03 bits per heavy atom. The number of para-hydroxylation sites is 2. The molecule has 0 bridgehead atoms. The highest BCUT2D eigenvalue weighted by molar-refractivity contribution is 5.83. The van der Waals surface area contributed by atoms with Crippen LogP contribution < -0.4 is 4.74 Å². The first-order valence-electron chi connectivity index (χ1n) is 10.1. The second-order valence-electron chi connectivity index (χ2n) is 8.22. The van der Waals surface area contributed by atoms with E-state index in [1.54, 1.807) is 31.2 Å². The maximum absolute atomic E-state index is 14.5. The molecule has 3 nitrogen and oxygen atoms in total. The summed E-state index contributed by atoms with van der Waals surface area (Å²) in [7, 11) is 0. The Morgan fingerprint density at radius 2 is 1.80 bits per heavy atom. The Hall–Kier alpha value is -2.60. The smallest absolute Gasteiger partial charge is 0.421 e. The van der Waals surface area contributed by atoms with Crippen LogP contribution in [0.4, 0.5) is 13.2 Å². The molecule has 30 heavy (non-hydrogen) atoms. The van der Waals surface area contributed by atoms with Gasteiger partial charge in [0.15, 0.2) is 5.60 Å². The zero-order valence-electron chi connectivity index (χ0n) is 17.0.